The number of carbonyl (C=O) groups is 1. The highest BCUT2D eigenvalue weighted by Gasteiger charge is 2.38. The van der Waals surface area contributed by atoms with Crippen LogP contribution in [-0.2, 0) is 17.5 Å². The molecule has 6 nitrogen and oxygen atoms in total. The standard InChI is InChI=1S/C17H13F3N4.C2HF3O2/c1-11-21-22-16-8-7-13-14(24(11)16)9-15(17(18,19)20)23(13)10-12-5-3-2-4-6-12;3-2(4,5)1(6)7/h2-9H,10H2,1H3;(H,6,7). The monoisotopic (exact) mass is 444 g/mol. The van der Waals surface area contributed by atoms with Crippen LogP contribution >= 0.6 is 0 Å². The quantitative estimate of drug-likeness (QED) is 0.456. The molecule has 0 amide bonds. The number of carboxylic acid groups (broad SMARTS) is 1. The van der Waals surface area contributed by atoms with E-state index in [0.29, 0.717) is 22.5 Å². The first-order chi connectivity index (χ1) is 14.4. The van der Waals surface area contributed by atoms with E-state index in [1.165, 1.54) is 10.6 Å². The molecular weight excluding hydrogens is 430 g/mol. The van der Waals surface area contributed by atoms with Gasteiger partial charge in [-0.1, -0.05) is 30.3 Å². The number of aryl methyl sites for hydroxylation is 1. The number of halogens is 6. The van der Waals surface area contributed by atoms with E-state index in [1.807, 2.05) is 30.3 Å². The van der Waals surface area contributed by atoms with Gasteiger partial charge in [0.15, 0.2) is 5.65 Å². The van der Waals surface area contributed by atoms with Crippen LogP contribution in [0.2, 0.25) is 0 Å². The van der Waals surface area contributed by atoms with Gasteiger partial charge in [0.25, 0.3) is 0 Å². The average Bonchev–Trinajstić information content (AvgIpc) is 3.23. The molecule has 4 aromatic rings. The Balaban J connectivity index is 0.000000339. The molecule has 0 bridgehead atoms. The summed E-state index contributed by atoms with van der Waals surface area (Å²) in [7, 11) is 0. The van der Waals surface area contributed by atoms with E-state index in [-0.39, 0.29) is 6.54 Å². The number of benzene rings is 1. The smallest absolute Gasteiger partial charge is 0.475 e. The molecule has 0 spiro atoms. The van der Waals surface area contributed by atoms with Crippen molar-refractivity contribution in [3.8, 4) is 0 Å². The second kappa shape index (κ2) is 7.93. The lowest BCUT2D eigenvalue weighted by molar-refractivity contribution is -0.192. The summed E-state index contributed by atoms with van der Waals surface area (Å²) >= 11 is 0. The summed E-state index contributed by atoms with van der Waals surface area (Å²) in [6.07, 6.45) is -9.53. The number of hydrogen-bond acceptors (Lipinski definition) is 3. The zero-order valence-corrected chi connectivity index (χ0v) is 15.7. The first-order valence-corrected chi connectivity index (χ1v) is 8.65. The highest BCUT2D eigenvalue weighted by atomic mass is 19.4. The van der Waals surface area contributed by atoms with Gasteiger partial charge in [0.2, 0.25) is 0 Å². The van der Waals surface area contributed by atoms with Crippen LogP contribution in [0.4, 0.5) is 26.3 Å². The Morgan fingerprint density at radius 2 is 1.58 bits per heavy atom. The van der Waals surface area contributed by atoms with Crippen molar-refractivity contribution < 1.29 is 36.2 Å². The molecule has 0 aliphatic rings. The Morgan fingerprint density at radius 1 is 0.968 bits per heavy atom. The van der Waals surface area contributed by atoms with Crippen molar-refractivity contribution in [2.45, 2.75) is 25.8 Å². The van der Waals surface area contributed by atoms with Crippen LogP contribution < -0.4 is 0 Å². The van der Waals surface area contributed by atoms with Gasteiger partial charge < -0.3 is 9.67 Å². The van der Waals surface area contributed by atoms with Gasteiger partial charge in [-0.15, -0.1) is 10.2 Å². The van der Waals surface area contributed by atoms with Crippen LogP contribution in [0.25, 0.3) is 16.7 Å². The summed E-state index contributed by atoms with van der Waals surface area (Å²) in [4.78, 5) is 8.90. The maximum atomic E-state index is 13.6. The molecule has 164 valence electrons. The van der Waals surface area contributed by atoms with Crippen LogP contribution in [0.3, 0.4) is 0 Å². The first kappa shape index (κ1) is 22.1. The topological polar surface area (TPSA) is 72.4 Å². The van der Waals surface area contributed by atoms with Crippen molar-refractivity contribution in [1.82, 2.24) is 19.2 Å². The molecule has 0 saturated carbocycles. The van der Waals surface area contributed by atoms with Gasteiger partial charge in [-0.2, -0.15) is 26.3 Å². The maximum absolute atomic E-state index is 13.6. The van der Waals surface area contributed by atoms with E-state index >= 15 is 0 Å². The third-order valence-electron chi connectivity index (χ3n) is 4.31. The van der Waals surface area contributed by atoms with Crippen LogP contribution in [-0.4, -0.2) is 36.4 Å². The van der Waals surface area contributed by atoms with Crippen molar-refractivity contribution in [1.29, 1.82) is 0 Å². The number of fused-ring (bicyclic) bond motifs is 3. The van der Waals surface area contributed by atoms with Gasteiger partial charge >= 0.3 is 18.3 Å². The van der Waals surface area contributed by atoms with Crippen LogP contribution in [0.15, 0.2) is 48.5 Å². The molecule has 1 N–H and O–H groups in total. The summed E-state index contributed by atoms with van der Waals surface area (Å²) in [5.74, 6) is -2.20. The number of alkyl halides is 6. The number of carboxylic acids is 1. The minimum atomic E-state index is -5.08. The summed E-state index contributed by atoms with van der Waals surface area (Å²) < 4.78 is 75.3. The molecule has 3 heterocycles. The Morgan fingerprint density at radius 3 is 2.13 bits per heavy atom. The fraction of sp³-hybridized carbons (Fsp3) is 0.211. The Hall–Kier alpha value is -3.57. The zero-order chi connectivity index (χ0) is 23.0. The van der Waals surface area contributed by atoms with Crippen LogP contribution in [0, 0.1) is 6.92 Å². The number of pyridine rings is 1. The van der Waals surface area contributed by atoms with Crippen molar-refractivity contribution in [2.24, 2.45) is 0 Å². The third kappa shape index (κ3) is 4.62. The molecule has 0 fully saturated rings. The summed E-state index contributed by atoms with van der Waals surface area (Å²) in [5.41, 5.74) is 1.62. The van der Waals surface area contributed by atoms with Crippen molar-refractivity contribution >= 4 is 22.6 Å². The predicted molar refractivity (Wildman–Crippen MR) is 97.5 cm³/mol. The first-order valence-electron chi connectivity index (χ1n) is 8.65. The lowest BCUT2D eigenvalue weighted by Gasteiger charge is -2.13. The maximum Gasteiger partial charge on any atom is 0.490 e. The van der Waals surface area contributed by atoms with Gasteiger partial charge in [0.05, 0.1) is 11.0 Å². The molecule has 0 aliphatic carbocycles. The van der Waals surface area contributed by atoms with Crippen molar-refractivity contribution in [3.63, 3.8) is 0 Å². The molecule has 1 aromatic carbocycles. The number of aromatic nitrogens is 4. The van der Waals surface area contributed by atoms with Gasteiger partial charge in [-0.3, -0.25) is 4.40 Å². The fourth-order valence-corrected chi connectivity index (χ4v) is 3.01. The average molecular weight is 444 g/mol. The molecule has 3 aromatic heterocycles. The Labute approximate surface area is 170 Å². The molecule has 31 heavy (non-hydrogen) atoms. The zero-order valence-electron chi connectivity index (χ0n) is 15.7. The van der Waals surface area contributed by atoms with Crippen molar-refractivity contribution in [2.75, 3.05) is 0 Å². The van der Waals surface area contributed by atoms with E-state index in [2.05, 4.69) is 10.2 Å². The van der Waals surface area contributed by atoms with E-state index in [0.717, 1.165) is 5.56 Å². The van der Waals surface area contributed by atoms with Gasteiger partial charge in [0, 0.05) is 6.54 Å². The molecule has 4 rings (SSSR count). The molecule has 0 atom stereocenters. The SMILES string of the molecule is Cc1nnc2ccc3c(cc(C(F)(F)F)n3Cc3ccccc3)n12.O=C(O)C(F)(F)F. The Kier molecular flexibility index (Phi) is 5.66. The van der Waals surface area contributed by atoms with Crippen LogP contribution in [0.5, 0.6) is 0 Å². The van der Waals surface area contributed by atoms with E-state index in [4.69, 9.17) is 9.90 Å². The molecular formula is C19H14F6N4O2. The number of nitrogens with zero attached hydrogens (tertiary/aromatic N) is 4. The Bertz CT molecular complexity index is 1230. The summed E-state index contributed by atoms with van der Waals surface area (Å²) in [5, 5.41) is 15.1. The normalized spacial score (nSPS) is 12.1. The predicted octanol–water partition coefficient (Wildman–Crippen LogP) is 4.69. The van der Waals surface area contributed by atoms with Gasteiger partial charge in [-0.25, -0.2) is 4.79 Å². The highest BCUT2D eigenvalue weighted by molar-refractivity contribution is 5.81. The minimum absolute atomic E-state index is 0.145. The van der Waals surface area contributed by atoms with E-state index < -0.39 is 24.0 Å². The minimum Gasteiger partial charge on any atom is -0.475 e. The lowest BCUT2D eigenvalue weighted by atomic mass is 10.2. The largest absolute Gasteiger partial charge is 0.490 e. The molecule has 0 radical (unpaired) electrons. The second-order valence-corrected chi connectivity index (χ2v) is 6.45. The molecule has 12 heteroatoms. The second-order valence-electron chi connectivity index (χ2n) is 6.45. The van der Waals surface area contributed by atoms with Gasteiger partial charge in [0.1, 0.15) is 11.5 Å². The van der Waals surface area contributed by atoms with Crippen molar-refractivity contribution in [3.05, 3.63) is 65.6 Å². The fourth-order valence-electron chi connectivity index (χ4n) is 3.01. The number of aliphatic carboxylic acids is 1. The summed E-state index contributed by atoms with van der Waals surface area (Å²) in [6, 6.07) is 13.6. The molecule has 0 aliphatic heterocycles. The van der Waals surface area contributed by atoms with Gasteiger partial charge in [-0.05, 0) is 30.7 Å². The van der Waals surface area contributed by atoms with Crippen LogP contribution in [0.1, 0.15) is 17.1 Å². The van der Waals surface area contributed by atoms with E-state index in [9.17, 15) is 26.3 Å². The highest BCUT2D eigenvalue weighted by Crippen LogP contribution is 2.35. The third-order valence-corrected chi connectivity index (χ3v) is 4.31. The lowest BCUT2D eigenvalue weighted by Crippen LogP contribution is -2.21. The number of rotatable bonds is 2. The molecule has 0 saturated heterocycles. The van der Waals surface area contributed by atoms with E-state index in [1.54, 1.807) is 23.5 Å². The molecule has 0 unspecified atom stereocenters. The summed E-state index contributed by atoms with van der Waals surface area (Å²) in [6.45, 7) is 1.87. The number of hydrogen-bond donors (Lipinski definition) is 1.